The summed E-state index contributed by atoms with van der Waals surface area (Å²) in [5.41, 5.74) is 7.70. The van der Waals surface area contributed by atoms with Crippen molar-refractivity contribution in [3.8, 4) is 11.1 Å². The first-order valence-electron chi connectivity index (χ1n) is 10.3. The van der Waals surface area contributed by atoms with Crippen LogP contribution in [0.4, 0.5) is 15.9 Å². The Morgan fingerprint density at radius 1 is 1.06 bits per heavy atom. The number of anilines is 2. The summed E-state index contributed by atoms with van der Waals surface area (Å²) in [6.45, 7) is 1.50. The van der Waals surface area contributed by atoms with Crippen LogP contribution in [0.15, 0.2) is 88.5 Å². The number of carbonyl (C=O) groups is 1. The van der Waals surface area contributed by atoms with Crippen molar-refractivity contribution in [1.29, 1.82) is 0 Å². The number of amides is 1. The monoisotopic (exact) mass is 508 g/mol. The Labute approximate surface area is 207 Å². The normalized spacial score (nSPS) is 12.3. The first kappa shape index (κ1) is 24.4. The standard InChI is InChI=1S/C25H21FN4O3S2/c1-14(16-7-6-15-10-11-29-24(27)19(15)12-16)23(26)25(31)30-20-9-8-17(13-21(20)34)18-4-2-3-5-22(18)35(28,32)33/h2-13,34H,1H3,(H2,27,29)(H,30,31)(H2,28,32,33)/b23-14+. The number of aromatic nitrogens is 1. The van der Waals surface area contributed by atoms with Gasteiger partial charge < -0.3 is 11.1 Å². The van der Waals surface area contributed by atoms with Gasteiger partial charge in [0.25, 0.3) is 5.91 Å². The highest BCUT2D eigenvalue weighted by Crippen LogP contribution is 2.32. The molecule has 1 heterocycles. The van der Waals surface area contributed by atoms with E-state index in [9.17, 15) is 13.2 Å². The van der Waals surface area contributed by atoms with Gasteiger partial charge in [0.2, 0.25) is 10.0 Å². The molecule has 10 heteroatoms. The quantitative estimate of drug-likeness (QED) is 0.228. The second kappa shape index (κ2) is 9.49. The maximum absolute atomic E-state index is 15.0. The Kier molecular flexibility index (Phi) is 6.62. The van der Waals surface area contributed by atoms with Crippen molar-refractivity contribution in [3.05, 3.63) is 84.3 Å². The Balaban J connectivity index is 1.62. The fourth-order valence-corrected chi connectivity index (χ4v) is 4.69. The van der Waals surface area contributed by atoms with Gasteiger partial charge in [-0.2, -0.15) is 0 Å². The molecular formula is C25H21FN4O3S2. The van der Waals surface area contributed by atoms with Crippen LogP contribution in [0.5, 0.6) is 0 Å². The number of primary sulfonamides is 1. The molecule has 0 saturated carbocycles. The summed E-state index contributed by atoms with van der Waals surface area (Å²) in [6, 6.07) is 17.9. The van der Waals surface area contributed by atoms with Gasteiger partial charge in [0.05, 0.1) is 10.6 Å². The molecule has 0 aliphatic heterocycles. The molecule has 178 valence electrons. The highest BCUT2D eigenvalue weighted by molar-refractivity contribution is 7.89. The van der Waals surface area contributed by atoms with Crippen molar-refractivity contribution in [3.63, 3.8) is 0 Å². The molecule has 0 bridgehead atoms. The number of thiol groups is 1. The molecule has 4 rings (SSSR count). The van der Waals surface area contributed by atoms with Crippen LogP contribution in [0.25, 0.3) is 27.5 Å². The number of rotatable bonds is 5. The maximum atomic E-state index is 15.0. The van der Waals surface area contributed by atoms with E-state index in [2.05, 4.69) is 22.9 Å². The number of benzene rings is 3. The van der Waals surface area contributed by atoms with E-state index in [4.69, 9.17) is 10.9 Å². The number of sulfonamides is 1. The van der Waals surface area contributed by atoms with E-state index in [1.54, 1.807) is 60.8 Å². The van der Waals surface area contributed by atoms with E-state index < -0.39 is 21.8 Å². The smallest absolute Gasteiger partial charge is 0.284 e. The van der Waals surface area contributed by atoms with E-state index in [0.29, 0.717) is 32.8 Å². The van der Waals surface area contributed by atoms with Crippen LogP contribution in [0.2, 0.25) is 0 Å². The lowest BCUT2D eigenvalue weighted by atomic mass is 10.0. The number of carbonyl (C=O) groups excluding carboxylic acids is 1. The predicted octanol–water partition coefficient (Wildman–Crippen LogP) is 4.76. The lowest BCUT2D eigenvalue weighted by molar-refractivity contribution is -0.114. The van der Waals surface area contributed by atoms with Crippen LogP contribution in [0.3, 0.4) is 0 Å². The van der Waals surface area contributed by atoms with Crippen molar-refractivity contribution in [2.75, 3.05) is 11.1 Å². The number of nitrogens with two attached hydrogens (primary N) is 2. The van der Waals surface area contributed by atoms with Crippen LogP contribution >= 0.6 is 12.6 Å². The van der Waals surface area contributed by atoms with Gasteiger partial charge in [-0.15, -0.1) is 12.6 Å². The molecule has 35 heavy (non-hydrogen) atoms. The molecule has 0 aliphatic carbocycles. The first-order valence-corrected chi connectivity index (χ1v) is 12.3. The highest BCUT2D eigenvalue weighted by Gasteiger charge is 2.18. The summed E-state index contributed by atoms with van der Waals surface area (Å²) in [5.74, 6) is -1.61. The average molecular weight is 509 g/mol. The van der Waals surface area contributed by atoms with Gasteiger partial charge in [-0.3, -0.25) is 4.79 Å². The maximum Gasteiger partial charge on any atom is 0.284 e. The SMILES string of the molecule is C/C(=C(\F)C(=O)Nc1ccc(-c2ccccc2S(N)(=O)=O)cc1S)c1ccc2ccnc(N)c2c1. The molecule has 1 aromatic heterocycles. The van der Waals surface area contributed by atoms with Crippen molar-refractivity contribution >= 4 is 56.4 Å². The number of nitrogens with one attached hydrogen (secondary N) is 1. The van der Waals surface area contributed by atoms with Crippen molar-refractivity contribution in [1.82, 2.24) is 4.98 Å². The molecule has 0 atom stereocenters. The third-order valence-electron chi connectivity index (χ3n) is 5.51. The number of nitrogen functional groups attached to an aromatic ring is 1. The molecular weight excluding hydrogens is 487 g/mol. The third kappa shape index (κ3) is 5.04. The number of halogens is 1. The summed E-state index contributed by atoms with van der Waals surface area (Å²) < 4.78 is 38.9. The van der Waals surface area contributed by atoms with Crippen molar-refractivity contribution in [2.45, 2.75) is 16.7 Å². The number of fused-ring (bicyclic) bond motifs is 1. The van der Waals surface area contributed by atoms with Crippen molar-refractivity contribution in [2.24, 2.45) is 5.14 Å². The second-order valence-corrected chi connectivity index (χ2v) is 9.81. The fraction of sp³-hybridized carbons (Fsp3) is 0.0400. The third-order valence-corrected chi connectivity index (χ3v) is 6.85. The minimum atomic E-state index is -3.95. The van der Waals surface area contributed by atoms with Crippen molar-refractivity contribution < 1.29 is 17.6 Å². The summed E-state index contributed by atoms with van der Waals surface area (Å²) >= 11 is 4.39. The summed E-state index contributed by atoms with van der Waals surface area (Å²) in [6.07, 6.45) is 1.59. The molecule has 0 aliphatic rings. The second-order valence-electron chi connectivity index (χ2n) is 7.80. The largest absolute Gasteiger partial charge is 0.383 e. The van der Waals surface area contributed by atoms with Gasteiger partial charge in [-0.05, 0) is 59.3 Å². The lowest BCUT2D eigenvalue weighted by Crippen LogP contribution is -2.14. The Hall–Kier alpha value is -3.73. The molecule has 7 nitrogen and oxygen atoms in total. The predicted molar refractivity (Wildman–Crippen MR) is 139 cm³/mol. The molecule has 0 fully saturated rings. The Morgan fingerprint density at radius 3 is 2.51 bits per heavy atom. The van der Waals surface area contributed by atoms with Crippen LogP contribution in [-0.2, 0) is 14.8 Å². The van der Waals surface area contributed by atoms with E-state index in [1.807, 2.05) is 0 Å². The van der Waals surface area contributed by atoms with Gasteiger partial charge in [0.1, 0.15) is 5.82 Å². The summed E-state index contributed by atoms with van der Waals surface area (Å²) in [7, 11) is -3.95. The van der Waals surface area contributed by atoms with Gasteiger partial charge >= 0.3 is 0 Å². The number of pyridine rings is 1. The van der Waals surface area contributed by atoms with Gasteiger partial charge in [0, 0.05) is 22.0 Å². The molecule has 5 N–H and O–H groups in total. The van der Waals surface area contributed by atoms with Crippen LogP contribution < -0.4 is 16.2 Å². The minimum Gasteiger partial charge on any atom is -0.383 e. The first-order chi connectivity index (χ1) is 16.6. The van der Waals surface area contributed by atoms with Crippen LogP contribution in [0.1, 0.15) is 12.5 Å². The summed E-state index contributed by atoms with van der Waals surface area (Å²) in [5, 5.41) is 9.33. The Morgan fingerprint density at radius 2 is 1.80 bits per heavy atom. The molecule has 4 aromatic rings. The Bertz CT molecular complexity index is 1620. The van der Waals surface area contributed by atoms with Crippen LogP contribution in [0, 0.1) is 0 Å². The molecule has 0 unspecified atom stereocenters. The molecule has 1 amide bonds. The molecule has 0 spiro atoms. The molecule has 3 aromatic carbocycles. The average Bonchev–Trinajstić information content (AvgIpc) is 2.84. The number of nitrogens with zero attached hydrogens (tertiary/aromatic N) is 1. The highest BCUT2D eigenvalue weighted by atomic mass is 32.2. The van der Waals surface area contributed by atoms with Crippen LogP contribution in [-0.4, -0.2) is 19.3 Å². The van der Waals surface area contributed by atoms with E-state index >= 15 is 4.39 Å². The number of allylic oxidation sites excluding steroid dienone is 1. The zero-order chi connectivity index (χ0) is 25.3. The van der Waals surface area contributed by atoms with E-state index in [1.165, 1.54) is 19.1 Å². The van der Waals surface area contributed by atoms with Gasteiger partial charge in [0.15, 0.2) is 5.83 Å². The van der Waals surface area contributed by atoms with E-state index in [-0.39, 0.29) is 16.2 Å². The molecule has 0 radical (unpaired) electrons. The fourth-order valence-electron chi connectivity index (χ4n) is 3.66. The van der Waals surface area contributed by atoms with E-state index in [0.717, 1.165) is 5.39 Å². The summed E-state index contributed by atoms with van der Waals surface area (Å²) in [4.78, 5) is 17.0. The van der Waals surface area contributed by atoms with Gasteiger partial charge in [-0.1, -0.05) is 36.4 Å². The topological polar surface area (TPSA) is 128 Å². The van der Waals surface area contributed by atoms with Gasteiger partial charge in [-0.25, -0.2) is 22.9 Å². The number of hydrogen-bond donors (Lipinski definition) is 4. The number of hydrogen-bond acceptors (Lipinski definition) is 6. The minimum absolute atomic E-state index is 0.0413. The lowest BCUT2D eigenvalue weighted by Gasteiger charge is -2.12. The molecule has 0 saturated heterocycles. The zero-order valence-corrected chi connectivity index (χ0v) is 20.2. The zero-order valence-electron chi connectivity index (χ0n) is 18.5.